The Bertz CT molecular complexity index is 776. The molecule has 0 spiro atoms. The molecule has 0 radical (unpaired) electrons. The summed E-state index contributed by atoms with van der Waals surface area (Å²) >= 11 is 0. The van der Waals surface area contributed by atoms with Gasteiger partial charge in [-0.2, -0.15) is 0 Å². The monoisotopic (exact) mass is 327 g/mol. The zero-order valence-electron chi connectivity index (χ0n) is 13.6. The van der Waals surface area contributed by atoms with E-state index < -0.39 is 17.5 Å². The molecule has 1 fully saturated rings. The third kappa shape index (κ3) is 3.32. The topological polar surface area (TPSA) is 79.7 Å². The van der Waals surface area contributed by atoms with Crippen LogP contribution in [0.4, 0.5) is 0 Å². The first-order valence-electron chi connectivity index (χ1n) is 8.09. The van der Waals surface area contributed by atoms with Crippen LogP contribution in [0.5, 0.6) is 0 Å². The summed E-state index contributed by atoms with van der Waals surface area (Å²) in [5.74, 6) is -0.808. The first-order valence-corrected chi connectivity index (χ1v) is 8.09. The van der Waals surface area contributed by atoms with E-state index in [1.165, 1.54) is 0 Å². The van der Waals surface area contributed by atoms with Gasteiger partial charge in [-0.1, -0.05) is 30.4 Å². The van der Waals surface area contributed by atoms with Gasteiger partial charge in [0.2, 0.25) is 0 Å². The van der Waals surface area contributed by atoms with Crippen LogP contribution in [0, 0.1) is 5.41 Å². The smallest absolute Gasteiger partial charge is 0.313 e. The van der Waals surface area contributed by atoms with Crippen molar-refractivity contribution in [2.75, 3.05) is 13.2 Å². The van der Waals surface area contributed by atoms with E-state index in [1.807, 2.05) is 36.4 Å². The summed E-state index contributed by atoms with van der Waals surface area (Å²) < 4.78 is 5.29. The highest BCUT2D eigenvalue weighted by atomic mass is 16.5. The lowest BCUT2D eigenvalue weighted by Gasteiger charge is -2.30. The van der Waals surface area contributed by atoms with Gasteiger partial charge in [-0.3, -0.25) is 9.78 Å². The summed E-state index contributed by atoms with van der Waals surface area (Å²) in [5, 5.41) is 20.2. The largest absolute Gasteiger partial charge is 0.481 e. The maximum absolute atomic E-state index is 11.7. The van der Waals surface area contributed by atoms with Crippen LogP contribution in [0.15, 0.2) is 36.4 Å². The van der Waals surface area contributed by atoms with E-state index in [2.05, 4.69) is 4.98 Å². The zero-order chi connectivity index (χ0) is 17.2. The molecule has 3 rings (SSSR count). The van der Waals surface area contributed by atoms with Crippen LogP contribution in [-0.4, -0.2) is 34.4 Å². The second kappa shape index (κ2) is 6.71. The number of carboxylic acid groups (broad SMARTS) is 1. The molecule has 1 atom stereocenters. The molecule has 5 heteroatoms. The maximum atomic E-state index is 11.7. The Hall–Kier alpha value is -2.24. The molecule has 1 aliphatic heterocycles. The van der Waals surface area contributed by atoms with Gasteiger partial charge in [-0.15, -0.1) is 0 Å². The van der Waals surface area contributed by atoms with Crippen molar-refractivity contribution in [3.8, 4) is 0 Å². The standard InChI is InChI=1S/C19H21NO4/c1-13(21)16-5-4-15-3-2-14(12-17(15)20-16)6-7-19(18(22)23)8-10-24-11-9-19/h2-7,12-13,21H,8-11H2,1H3,(H,22,23)/b7-6+/t13-/m1/s1. The number of hydrogen-bond acceptors (Lipinski definition) is 4. The number of aliphatic carboxylic acids is 1. The number of aliphatic hydroxyl groups excluding tert-OH is 1. The van der Waals surface area contributed by atoms with Crippen molar-refractivity contribution < 1.29 is 19.7 Å². The Morgan fingerprint density at radius 1 is 1.29 bits per heavy atom. The number of rotatable bonds is 4. The van der Waals surface area contributed by atoms with Gasteiger partial charge in [0, 0.05) is 18.6 Å². The van der Waals surface area contributed by atoms with Gasteiger partial charge in [0.25, 0.3) is 0 Å². The summed E-state index contributed by atoms with van der Waals surface area (Å²) in [7, 11) is 0. The lowest BCUT2D eigenvalue weighted by Crippen LogP contribution is -2.35. The fraction of sp³-hybridized carbons (Fsp3) is 0.368. The van der Waals surface area contributed by atoms with E-state index >= 15 is 0 Å². The van der Waals surface area contributed by atoms with Crippen molar-refractivity contribution in [1.29, 1.82) is 0 Å². The number of nitrogens with zero attached hydrogens (tertiary/aromatic N) is 1. The molecule has 0 bridgehead atoms. The average Bonchev–Trinajstić information content (AvgIpc) is 2.60. The summed E-state index contributed by atoms with van der Waals surface area (Å²) in [6, 6.07) is 9.54. The second-order valence-corrected chi connectivity index (χ2v) is 6.27. The van der Waals surface area contributed by atoms with Crippen molar-refractivity contribution in [1.82, 2.24) is 4.98 Å². The molecule has 2 heterocycles. The van der Waals surface area contributed by atoms with Crippen LogP contribution in [-0.2, 0) is 9.53 Å². The van der Waals surface area contributed by atoms with E-state index in [9.17, 15) is 15.0 Å². The summed E-state index contributed by atoms with van der Waals surface area (Å²) in [6.45, 7) is 2.61. The number of carboxylic acids is 1. The SMILES string of the molecule is C[C@@H](O)c1ccc2ccc(/C=C/C3(C(=O)O)CCOCC3)cc2n1. The number of hydrogen-bond donors (Lipinski definition) is 2. The van der Waals surface area contributed by atoms with Gasteiger partial charge >= 0.3 is 5.97 Å². The van der Waals surface area contributed by atoms with Crippen molar-refractivity contribution in [2.24, 2.45) is 5.41 Å². The number of ether oxygens (including phenoxy) is 1. The van der Waals surface area contributed by atoms with Crippen LogP contribution in [0.25, 0.3) is 17.0 Å². The van der Waals surface area contributed by atoms with Gasteiger partial charge in [-0.05, 0) is 37.5 Å². The highest BCUT2D eigenvalue weighted by Crippen LogP contribution is 2.33. The number of aliphatic hydroxyl groups is 1. The molecule has 0 saturated carbocycles. The lowest BCUT2D eigenvalue weighted by molar-refractivity contribution is -0.150. The Morgan fingerprint density at radius 2 is 2.00 bits per heavy atom. The van der Waals surface area contributed by atoms with Crippen molar-refractivity contribution in [3.63, 3.8) is 0 Å². The summed E-state index contributed by atoms with van der Waals surface area (Å²) in [6.07, 6.45) is 3.96. The molecular formula is C19H21NO4. The number of carbonyl (C=O) groups is 1. The van der Waals surface area contributed by atoms with E-state index in [4.69, 9.17) is 4.74 Å². The summed E-state index contributed by atoms with van der Waals surface area (Å²) in [4.78, 5) is 16.1. The van der Waals surface area contributed by atoms with Gasteiger partial charge in [0.1, 0.15) is 0 Å². The Morgan fingerprint density at radius 3 is 2.67 bits per heavy atom. The molecule has 2 N–H and O–H groups in total. The van der Waals surface area contributed by atoms with Gasteiger partial charge in [-0.25, -0.2) is 0 Å². The molecule has 1 saturated heterocycles. The molecule has 1 aliphatic rings. The highest BCUT2D eigenvalue weighted by molar-refractivity contribution is 5.82. The third-order valence-electron chi connectivity index (χ3n) is 4.57. The minimum Gasteiger partial charge on any atom is -0.481 e. The minimum atomic E-state index is -0.859. The van der Waals surface area contributed by atoms with E-state index in [0.29, 0.717) is 31.7 Å². The van der Waals surface area contributed by atoms with Crippen LogP contribution < -0.4 is 0 Å². The van der Waals surface area contributed by atoms with Crippen molar-refractivity contribution >= 4 is 22.9 Å². The van der Waals surface area contributed by atoms with E-state index in [0.717, 1.165) is 16.5 Å². The van der Waals surface area contributed by atoms with Crippen LogP contribution in [0.2, 0.25) is 0 Å². The van der Waals surface area contributed by atoms with Crippen molar-refractivity contribution in [2.45, 2.75) is 25.9 Å². The quantitative estimate of drug-likeness (QED) is 0.901. The van der Waals surface area contributed by atoms with Crippen molar-refractivity contribution in [3.05, 3.63) is 47.7 Å². The molecule has 0 aliphatic carbocycles. The van der Waals surface area contributed by atoms with Crippen LogP contribution in [0.3, 0.4) is 0 Å². The highest BCUT2D eigenvalue weighted by Gasteiger charge is 2.37. The number of aromatic nitrogens is 1. The first kappa shape index (κ1) is 16.6. The van der Waals surface area contributed by atoms with Gasteiger partial charge in [0.05, 0.1) is 22.7 Å². The molecule has 126 valence electrons. The Kier molecular flexibility index (Phi) is 4.64. The first-order chi connectivity index (χ1) is 11.5. The zero-order valence-corrected chi connectivity index (χ0v) is 13.6. The van der Waals surface area contributed by atoms with E-state index in [-0.39, 0.29) is 0 Å². The van der Waals surface area contributed by atoms with Gasteiger partial charge in [0.15, 0.2) is 0 Å². The van der Waals surface area contributed by atoms with E-state index in [1.54, 1.807) is 13.0 Å². The van der Waals surface area contributed by atoms with Gasteiger partial charge < -0.3 is 14.9 Å². The fourth-order valence-corrected chi connectivity index (χ4v) is 2.93. The summed E-state index contributed by atoms with van der Waals surface area (Å²) in [5.41, 5.74) is 1.44. The molecule has 5 nitrogen and oxygen atoms in total. The second-order valence-electron chi connectivity index (χ2n) is 6.27. The number of benzene rings is 1. The molecule has 1 aromatic heterocycles. The number of fused-ring (bicyclic) bond motifs is 1. The molecule has 24 heavy (non-hydrogen) atoms. The number of pyridine rings is 1. The minimum absolute atomic E-state index is 0.466. The van der Waals surface area contributed by atoms with Crippen LogP contribution in [0.1, 0.15) is 37.1 Å². The fourth-order valence-electron chi connectivity index (χ4n) is 2.93. The average molecular weight is 327 g/mol. The predicted molar refractivity (Wildman–Crippen MR) is 91.5 cm³/mol. The molecule has 0 amide bonds. The Balaban J connectivity index is 1.92. The maximum Gasteiger partial charge on any atom is 0.313 e. The van der Waals surface area contributed by atoms with Crippen LogP contribution >= 0.6 is 0 Å². The Labute approximate surface area is 140 Å². The predicted octanol–water partition coefficient (Wildman–Crippen LogP) is 3.18. The molecular weight excluding hydrogens is 306 g/mol. The lowest BCUT2D eigenvalue weighted by atomic mass is 9.79. The third-order valence-corrected chi connectivity index (χ3v) is 4.57. The molecule has 0 unspecified atom stereocenters. The normalized spacial score (nSPS) is 18.8. The molecule has 1 aromatic carbocycles. The molecule has 2 aromatic rings.